The van der Waals surface area contributed by atoms with Gasteiger partial charge in [0.2, 0.25) is 0 Å². The van der Waals surface area contributed by atoms with Crippen LogP contribution >= 0.6 is 0 Å². The van der Waals surface area contributed by atoms with Crippen molar-refractivity contribution in [2.75, 3.05) is 0 Å². The molecule has 0 aromatic heterocycles. The zero-order chi connectivity index (χ0) is 23.3. The predicted molar refractivity (Wildman–Crippen MR) is 140 cm³/mol. The van der Waals surface area contributed by atoms with Gasteiger partial charge in [0, 0.05) is 0 Å². The highest BCUT2D eigenvalue weighted by atomic mass is 14.0. The topological polar surface area (TPSA) is 0 Å². The Kier molecular flexibility index (Phi) is 40.9. The highest BCUT2D eigenvalue weighted by Gasteiger charge is 1.94. The van der Waals surface area contributed by atoms with Gasteiger partial charge in [-0.2, -0.15) is 0 Å². The highest BCUT2D eigenvalue weighted by molar-refractivity contribution is 5.15. The Labute approximate surface area is 186 Å². The molecule has 2 aromatic carbocycles. The van der Waals surface area contributed by atoms with E-state index in [0.717, 1.165) is 5.92 Å². The molecule has 0 radical (unpaired) electrons. The Morgan fingerprint density at radius 2 is 0.862 bits per heavy atom. The molecule has 0 atom stereocenters. The fourth-order valence-electron chi connectivity index (χ4n) is 2.02. The van der Waals surface area contributed by atoms with Gasteiger partial charge in [-0.1, -0.05) is 156 Å². The lowest BCUT2D eigenvalue weighted by molar-refractivity contribution is 0.647. The second-order valence-electron chi connectivity index (χ2n) is 6.73. The van der Waals surface area contributed by atoms with Crippen molar-refractivity contribution < 1.29 is 0 Å². The predicted octanol–water partition coefficient (Wildman–Crippen LogP) is 10.4. The Morgan fingerprint density at radius 3 is 1.14 bits per heavy atom. The first-order valence-electron chi connectivity index (χ1n) is 12.1. The molecule has 0 spiro atoms. The molecule has 0 aliphatic rings. The Morgan fingerprint density at radius 1 is 0.552 bits per heavy atom. The second kappa shape index (κ2) is 34.0. The first-order chi connectivity index (χ1) is 14.0. The summed E-state index contributed by atoms with van der Waals surface area (Å²) in [4.78, 5) is 0. The monoisotopic (exact) mass is 402 g/mol. The maximum Gasteiger partial charge on any atom is -0.0256 e. The molecule has 0 saturated heterocycles. The molecular formula is C29H54. The van der Waals surface area contributed by atoms with E-state index in [0.29, 0.717) is 0 Å². The van der Waals surface area contributed by atoms with E-state index in [9.17, 15) is 0 Å². The average Bonchev–Trinajstić information content (AvgIpc) is 2.74. The van der Waals surface area contributed by atoms with Crippen molar-refractivity contribution in [2.24, 2.45) is 5.92 Å². The van der Waals surface area contributed by atoms with E-state index in [1.165, 1.54) is 43.2 Å². The van der Waals surface area contributed by atoms with Gasteiger partial charge in [-0.3, -0.25) is 0 Å². The molecule has 0 amide bonds. The normalized spacial score (nSPS) is 8.14. The van der Waals surface area contributed by atoms with Crippen LogP contribution in [0.15, 0.2) is 60.7 Å². The molecule has 170 valence electrons. The van der Waals surface area contributed by atoms with Crippen molar-refractivity contribution in [3.63, 3.8) is 0 Å². The summed E-state index contributed by atoms with van der Waals surface area (Å²) in [5.41, 5.74) is 2.89. The van der Waals surface area contributed by atoms with Crippen LogP contribution in [0, 0.1) is 5.92 Å². The standard InChI is InChI=1S/C10H14.C9H12.2C3H8.2C2H6/c1-9(2)8-10-6-4-3-5-7-10;1-2-6-9-7-4-3-5-8-9;2*1-3-2;2*1-2/h3-7,9H,8H2,1-2H3;3-5,7-8H,2,6H2,1H3;2*3H2,1-2H3;2*1-2H3. The van der Waals surface area contributed by atoms with Crippen LogP contribution < -0.4 is 0 Å². The minimum absolute atomic E-state index is 0.766. The summed E-state index contributed by atoms with van der Waals surface area (Å²) in [5, 5.41) is 0. The van der Waals surface area contributed by atoms with Gasteiger partial charge in [-0.15, -0.1) is 0 Å². The lowest BCUT2D eigenvalue weighted by atomic mass is 10.0. The molecule has 0 fully saturated rings. The largest absolute Gasteiger partial charge is 0.0683 e. The van der Waals surface area contributed by atoms with Gasteiger partial charge in [0.25, 0.3) is 0 Å². The van der Waals surface area contributed by atoms with Gasteiger partial charge in [0.1, 0.15) is 0 Å². The summed E-state index contributed by atoms with van der Waals surface area (Å²) >= 11 is 0. The molecule has 0 N–H and O–H groups in total. The molecule has 0 saturated carbocycles. The Hall–Kier alpha value is -1.56. The lowest BCUT2D eigenvalue weighted by Gasteiger charge is -2.02. The summed E-state index contributed by atoms with van der Waals surface area (Å²) in [6.45, 7) is 23.2. The number of aryl methyl sites for hydroxylation is 1. The van der Waals surface area contributed by atoms with Crippen LogP contribution in [0.25, 0.3) is 0 Å². The van der Waals surface area contributed by atoms with E-state index in [4.69, 9.17) is 0 Å². The smallest absolute Gasteiger partial charge is 0.0256 e. The molecule has 2 rings (SSSR count). The van der Waals surface area contributed by atoms with Crippen LogP contribution in [0.4, 0.5) is 0 Å². The number of rotatable bonds is 4. The maximum absolute atomic E-state index is 2.24. The van der Waals surface area contributed by atoms with Gasteiger partial charge in [0.05, 0.1) is 0 Å². The van der Waals surface area contributed by atoms with E-state index in [-0.39, 0.29) is 0 Å². The molecule has 0 aliphatic carbocycles. The third kappa shape index (κ3) is 34.4. The number of hydrogen-bond acceptors (Lipinski definition) is 0. The SMILES string of the molecule is CC.CC.CC(C)Cc1ccccc1.CCC.CCC.CCCc1ccccc1. The van der Waals surface area contributed by atoms with Crippen LogP contribution in [0.5, 0.6) is 0 Å². The molecule has 0 heteroatoms. The van der Waals surface area contributed by atoms with E-state index < -0.39 is 0 Å². The van der Waals surface area contributed by atoms with Gasteiger partial charge in [-0.25, -0.2) is 0 Å². The van der Waals surface area contributed by atoms with Gasteiger partial charge in [0.15, 0.2) is 0 Å². The quantitative estimate of drug-likeness (QED) is 0.477. The number of benzene rings is 2. The fourth-order valence-corrected chi connectivity index (χ4v) is 2.02. The third-order valence-corrected chi connectivity index (χ3v) is 2.87. The minimum atomic E-state index is 0.766. The van der Waals surface area contributed by atoms with Crippen molar-refractivity contribution >= 4 is 0 Å². The fraction of sp³-hybridized carbons (Fsp3) is 0.586. The van der Waals surface area contributed by atoms with Crippen molar-refractivity contribution in [3.8, 4) is 0 Å². The second-order valence-corrected chi connectivity index (χ2v) is 6.73. The van der Waals surface area contributed by atoms with E-state index in [2.05, 4.69) is 109 Å². The number of hydrogen-bond donors (Lipinski definition) is 0. The average molecular weight is 403 g/mol. The van der Waals surface area contributed by atoms with Crippen molar-refractivity contribution in [3.05, 3.63) is 71.8 Å². The summed E-state index contributed by atoms with van der Waals surface area (Å²) in [6, 6.07) is 21.2. The Bertz CT molecular complexity index is 440. The first kappa shape index (κ1) is 34.9. The van der Waals surface area contributed by atoms with Crippen LogP contribution in [-0.2, 0) is 12.8 Å². The molecule has 0 unspecified atom stereocenters. The summed E-state index contributed by atoms with van der Waals surface area (Å²) in [7, 11) is 0. The summed E-state index contributed by atoms with van der Waals surface area (Å²) < 4.78 is 0. The Balaban J connectivity index is -0.000000151. The lowest BCUT2D eigenvalue weighted by Crippen LogP contribution is -1.92. The van der Waals surface area contributed by atoms with Crippen molar-refractivity contribution in [1.29, 1.82) is 0 Å². The van der Waals surface area contributed by atoms with E-state index in [1.807, 2.05) is 27.7 Å². The molecule has 0 bridgehead atoms. The van der Waals surface area contributed by atoms with Crippen molar-refractivity contribution in [2.45, 2.75) is 108 Å². The van der Waals surface area contributed by atoms with E-state index in [1.54, 1.807) is 0 Å². The summed E-state index contributed by atoms with van der Waals surface area (Å²) in [5.74, 6) is 0.766. The molecule has 0 aliphatic heterocycles. The van der Waals surface area contributed by atoms with Crippen molar-refractivity contribution in [1.82, 2.24) is 0 Å². The molecular weight excluding hydrogens is 348 g/mol. The third-order valence-electron chi connectivity index (χ3n) is 2.87. The van der Waals surface area contributed by atoms with Crippen LogP contribution in [0.1, 0.15) is 107 Å². The molecule has 0 nitrogen and oxygen atoms in total. The highest BCUT2D eigenvalue weighted by Crippen LogP contribution is 2.06. The minimum Gasteiger partial charge on any atom is -0.0683 e. The van der Waals surface area contributed by atoms with Crippen LogP contribution in [0.2, 0.25) is 0 Å². The van der Waals surface area contributed by atoms with E-state index >= 15 is 0 Å². The zero-order valence-corrected chi connectivity index (χ0v) is 21.9. The first-order valence-corrected chi connectivity index (χ1v) is 12.1. The van der Waals surface area contributed by atoms with Gasteiger partial charge in [-0.05, 0) is 29.9 Å². The molecule has 0 heterocycles. The molecule has 29 heavy (non-hydrogen) atoms. The maximum atomic E-state index is 2.24. The van der Waals surface area contributed by atoms with Gasteiger partial charge < -0.3 is 0 Å². The molecule has 2 aromatic rings. The van der Waals surface area contributed by atoms with Gasteiger partial charge >= 0.3 is 0 Å². The summed E-state index contributed by atoms with van der Waals surface area (Å²) in [6.07, 6.45) is 6.14. The van der Waals surface area contributed by atoms with Crippen LogP contribution in [0.3, 0.4) is 0 Å². The van der Waals surface area contributed by atoms with Crippen LogP contribution in [-0.4, -0.2) is 0 Å². The zero-order valence-electron chi connectivity index (χ0n) is 21.9.